The quantitative estimate of drug-likeness (QED) is 0.474. The topological polar surface area (TPSA) is 44.1 Å². The molecule has 0 unspecified atom stereocenters. The number of rotatable bonds is 5. The van der Waals surface area contributed by atoms with Crippen molar-refractivity contribution in [3.8, 4) is 0 Å². The molecule has 0 aromatic carbocycles. The van der Waals surface area contributed by atoms with Gasteiger partial charge in [-0.2, -0.15) is 0 Å². The third-order valence-corrected chi connectivity index (χ3v) is 4.13. The number of nitrogens with zero attached hydrogens (tertiary/aromatic N) is 2. The molecule has 6 heteroatoms. The van der Waals surface area contributed by atoms with Crippen molar-refractivity contribution < 1.29 is 4.74 Å². The summed E-state index contributed by atoms with van der Waals surface area (Å²) in [5.41, 5.74) is 0.0233. The average Bonchev–Trinajstić information content (AvgIpc) is 2.79. The predicted molar refractivity (Wildman–Crippen MR) is 72.1 cm³/mol. The minimum absolute atomic E-state index is 0.0233. The number of hydrogen-bond donors (Lipinski definition) is 0. The molecular formula is C11H14N2O2S2. The molecule has 0 bridgehead atoms. The zero-order valence-electron chi connectivity index (χ0n) is 9.80. The van der Waals surface area contributed by atoms with Crippen LogP contribution in [0.3, 0.4) is 0 Å². The second kappa shape index (κ2) is 5.66. The highest BCUT2D eigenvalue weighted by Crippen LogP contribution is 2.20. The van der Waals surface area contributed by atoms with Crippen molar-refractivity contribution in [3.63, 3.8) is 0 Å². The van der Waals surface area contributed by atoms with Crippen LogP contribution >= 0.6 is 23.1 Å². The van der Waals surface area contributed by atoms with Gasteiger partial charge in [-0.1, -0.05) is 11.8 Å². The Bertz CT molecular complexity index is 562. The molecule has 2 aromatic heterocycles. The van der Waals surface area contributed by atoms with E-state index in [0.717, 1.165) is 22.3 Å². The van der Waals surface area contributed by atoms with Crippen LogP contribution in [0.5, 0.6) is 0 Å². The first-order chi connectivity index (χ1) is 8.24. The fourth-order valence-electron chi connectivity index (χ4n) is 1.45. The molecule has 0 radical (unpaired) electrons. The van der Waals surface area contributed by atoms with Crippen molar-refractivity contribution in [2.75, 3.05) is 19.0 Å². The zero-order chi connectivity index (χ0) is 12.3. The highest BCUT2D eigenvalue weighted by Gasteiger charge is 2.09. The summed E-state index contributed by atoms with van der Waals surface area (Å²) in [6, 6.07) is 1.82. The maximum atomic E-state index is 12.0. The van der Waals surface area contributed by atoms with E-state index in [1.54, 1.807) is 23.4 Å². The second-order valence-corrected chi connectivity index (χ2v) is 5.40. The van der Waals surface area contributed by atoms with E-state index in [0.29, 0.717) is 12.0 Å². The lowest BCUT2D eigenvalue weighted by Gasteiger charge is -2.06. The molecule has 2 rings (SSSR count). The van der Waals surface area contributed by atoms with Gasteiger partial charge in [-0.25, -0.2) is 4.98 Å². The summed E-state index contributed by atoms with van der Waals surface area (Å²) in [6.07, 6.45) is 0. The highest BCUT2D eigenvalue weighted by molar-refractivity contribution is 7.99. The molecule has 0 aliphatic rings. The van der Waals surface area contributed by atoms with Crippen molar-refractivity contribution in [1.29, 1.82) is 0 Å². The van der Waals surface area contributed by atoms with Crippen LogP contribution in [0, 0.1) is 0 Å². The van der Waals surface area contributed by atoms with Gasteiger partial charge in [0.25, 0.3) is 5.56 Å². The van der Waals surface area contributed by atoms with Gasteiger partial charge >= 0.3 is 0 Å². The molecule has 2 heterocycles. The number of ether oxygens (including phenoxy) is 1. The number of hydrogen-bond acceptors (Lipinski definition) is 5. The van der Waals surface area contributed by atoms with Crippen LogP contribution in [-0.2, 0) is 11.8 Å². The zero-order valence-corrected chi connectivity index (χ0v) is 11.4. The molecule has 2 aromatic rings. The van der Waals surface area contributed by atoms with Crippen LogP contribution in [0.15, 0.2) is 21.4 Å². The minimum atomic E-state index is 0.0233. The van der Waals surface area contributed by atoms with Gasteiger partial charge in [0.05, 0.1) is 12.0 Å². The predicted octanol–water partition coefficient (Wildman–Crippen LogP) is 2.12. The molecule has 0 amide bonds. The van der Waals surface area contributed by atoms with Gasteiger partial charge in [0, 0.05) is 19.4 Å². The Morgan fingerprint density at radius 2 is 2.41 bits per heavy atom. The summed E-state index contributed by atoms with van der Waals surface area (Å²) < 4.78 is 6.87. The summed E-state index contributed by atoms with van der Waals surface area (Å²) in [7, 11) is 1.76. The first-order valence-electron chi connectivity index (χ1n) is 5.38. The lowest BCUT2D eigenvalue weighted by molar-refractivity contribution is 0.164. The van der Waals surface area contributed by atoms with Crippen molar-refractivity contribution in [2.24, 2.45) is 7.05 Å². The van der Waals surface area contributed by atoms with Gasteiger partial charge in [0.15, 0.2) is 5.16 Å². The molecule has 0 N–H and O–H groups in total. The molecule has 4 nitrogen and oxygen atoms in total. The molecule has 17 heavy (non-hydrogen) atoms. The van der Waals surface area contributed by atoms with E-state index in [9.17, 15) is 4.79 Å². The van der Waals surface area contributed by atoms with Crippen LogP contribution < -0.4 is 5.56 Å². The van der Waals surface area contributed by atoms with E-state index >= 15 is 0 Å². The lowest BCUT2D eigenvalue weighted by atomic mass is 10.4. The van der Waals surface area contributed by atoms with Gasteiger partial charge in [0.2, 0.25) is 0 Å². The van der Waals surface area contributed by atoms with Crippen LogP contribution in [0.2, 0.25) is 0 Å². The number of fused-ring (bicyclic) bond motifs is 1. The van der Waals surface area contributed by atoms with E-state index in [-0.39, 0.29) is 5.56 Å². The molecule has 0 atom stereocenters. The van der Waals surface area contributed by atoms with Crippen LogP contribution in [-0.4, -0.2) is 28.5 Å². The molecule has 0 spiro atoms. The third kappa shape index (κ3) is 2.70. The Hall–Kier alpha value is -0.850. The number of thioether (sulfide) groups is 1. The van der Waals surface area contributed by atoms with Crippen LogP contribution in [0.4, 0.5) is 0 Å². The van der Waals surface area contributed by atoms with Crippen LogP contribution in [0.25, 0.3) is 10.2 Å². The maximum absolute atomic E-state index is 12.0. The smallest absolute Gasteiger partial charge is 0.262 e. The highest BCUT2D eigenvalue weighted by atomic mass is 32.2. The molecule has 0 fully saturated rings. The first kappa shape index (κ1) is 12.6. The summed E-state index contributed by atoms with van der Waals surface area (Å²) in [6.45, 7) is 3.37. The van der Waals surface area contributed by atoms with Gasteiger partial charge in [0.1, 0.15) is 4.83 Å². The summed E-state index contributed by atoms with van der Waals surface area (Å²) in [5.74, 6) is 0.811. The number of aromatic nitrogens is 2. The molecule has 92 valence electrons. The Balaban J connectivity index is 2.22. The minimum Gasteiger partial charge on any atom is -0.381 e. The van der Waals surface area contributed by atoms with Gasteiger partial charge < -0.3 is 4.74 Å². The monoisotopic (exact) mass is 270 g/mol. The van der Waals surface area contributed by atoms with E-state index in [1.165, 1.54) is 11.3 Å². The fraction of sp³-hybridized carbons (Fsp3) is 0.455. The van der Waals surface area contributed by atoms with E-state index in [4.69, 9.17) is 4.74 Å². The SMILES string of the molecule is CCOCCSc1nc2sccc2c(=O)n1C. The van der Waals surface area contributed by atoms with Crippen LogP contribution in [0.1, 0.15) is 6.92 Å². The Kier molecular flexibility index (Phi) is 4.20. The van der Waals surface area contributed by atoms with E-state index < -0.39 is 0 Å². The first-order valence-corrected chi connectivity index (χ1v) is 7.25. The van der Waals surface area contributed by atoms with Gasteiger partial charge in [-0.05, 0) is 18.4 Å². The van der Waals surface area contributed by atoms with Gasteiger partial charge in [-0.3, -0.25) is 9.36 Å². The van der Waals surface area contributed by atoms with Crippen molar-refractivity contribution in [2.45, 2.75) is 12.1 Å². The third-order valence-electron chi connectivity index (χ3n) is 2.33. The van der Waals surface area contributed by atoms with E-state index in [2.05, 4.69) is 4.98 Å². The second-order valence-electron chi connectivity index (χ2n) is 3.44. The summed E-state index contributed by atoms with van der Waals surface area (Å²) in [4.78, 5) is 17.3. The largest absolute Gasteiger partial charge is 0.381 e. The van der Waals surface area contributed by atoms with Crippen molar-refractivity contribution in [1.82, 2.24) is 9.55 Å². The summed E-state index contributed by atoms with van der Waals surface area (Å²) >= 11 is 3.05. The molecule has 0 aliphatic carbocycles. The fourth-order valence-corrected chi connectivity index (χ4v) is 3.07. The molecule has 0 saturated carbocycles. The Labute approximate surface area is 108 Å². The Morgan fingerprint density at radius 3 is 3.18 bits per heavy atom. The molecule has 0 aliphatic heterocycles. The normalized spacial score (nSPS) is 11.2. The number of thiophene rings is 1. The van der Waals surface area contributed by atoms with Crippen molar-refractivity contribution >= 4 is 33.3 Å². The van der Waals surface area contributed by atoms with E-state index in [1.807, 2.05) is 18.4 Å². The molecular weight excluding hydrogens is 256 g/mol. The molecule has 0 saturated heterocycles. The van der Waals surface area contributed by atoms with Gasteiger partial charge in [-0.15, -0.1) is 11.3 Å². The Morgan fingerprint density at radius 1 is 1.59 bits per heavy atom. The standard InChI is InChI=1S/C11H14N2O2S2/c1-3-15-5-7-17-11-12-9-8(4-6-16-9)10(14)13(11)2/h4,6H,3,5,7H2,1-2H3. The average molecular weight is 270 g/mol. The summed E-state index contributed by atoms with van der Waals surface area (Å²) in [5, 5.41) is 3.35. The lowest BCUT2D eigenvalue weighted by Crippen LogP contribution is -2.19. The maximum Gasteiger partial charge on any atom is 0.262 e. The van der Waals surface area contributed by atoms with Crippen molar-refractivity contribution in [3.05, 3.63) is 21.8 Å².